The molecule has 0 bridgehead atoms. The lowest BCUT2D eigenvalue weighted by atomic mass is 10.2. The first-order valence-electron chi connectivity index (χ1n) is 4.30. The molecule has 0 unspecified atom stereocenters. The number of imidazole rings is 1. The van der Waals surface area contributed by atoms with E-state index in [2.05, 4.69) is 4.98 Å². The first-order valence-corrected chi connectivity index (χ1v) is 4.30. The highest BCUT2D eigenvalue weighted by Crippen LogP contribution is 2.18. The van der Waals surface area contributed by atoms with Crippen LogP contribution in [0.15, 0.2) is 35.4 Å². The zero-order chi connectivity index (χ0) is 11.7. The highest BCUT2D eigenvalue weighted by molar-refractivity contribution is 5.44. The summed E-state index contributed by atoms with van der Waals surface area (Å²) >= 11 is 0. The van der Waals surface area contributed by atoms with E-state index in [1.54, 1.807) is 0 Å². The molecule has 0 aliphatic heterocycles. The number of benzene rings is 1. The Hall–Kier alpha value is -2.44. The lowest BCUT2D eigenvalue weighted by Gasteiger charge is -2.02. The molecule has 1 heterocycles. The van der Waals surface area contributed by atoms with Crippen LogP contribution in [0.2, 0.25) is 0 Å². The van der Waals surface area contributed by atoms with Gasteiger partial charge in [-0.3, -0.25) is 14.7 Å². The maximum absolute atomic E-state index is 13.4. The quantitative estimate of drug-likeness (QED) is 0.613. The van der Waals surface area contributed by atoms with Crippen LogP contribution in [0.25, 0.3) is 5.69 Å². The van der Waals surface area contributed by atoms with Crippen LogP contribution in [0.4, 0.5) is 10.1 Å². The predicted molar refractivity (Wildman–Crippen MR) is 53.0 cm³/mol. The smallest absolute Gasteiger partial charge is 0.312 e. The summed E-state index contributed by atoms with van der Waals surface area (Å²) in [5, 5.41) is 10.5. The van der Waals surface area contributed by atoms with Gasteiger partial charge in [-0.1, -0.05) is 0 Å². The van der Waals surface area contributed by atoms with E-state index in [1.165, 1.54) is 12.4 Å². The average molecular weight is 223 g/mol. The van der Waals surface area contributed by atoms with Gasteiger partial charge in [-0.25, -0.2) is 9.18 Å². The van der Waals surface area contributed by atoms with Gasteiger partial charge in [-0.2, -0.15) is 0 Å². The number of nitro groups is 1. The summed E-state index contributed by atoms with van der Waals surface area (Å²) in [4.78, 5) is 23.4. The highest BCUT2D eigenvalue weighted by Gasteiger charge is 2.13. The molecule has 1 N–H and O–H groups in total. The summed E-state index contributed by atoms with van der Waals surface area (Å²) in [6.45, 7) is 0. The van der Waals surface area contributed by atoms with Crippen LogP contribution in [-0.4, -0.2) is 14.5 Å². The summed E-state index contributed by atoms with van der Waals surface area (Å²) in [7, 11) is 0. The van der Waals surface area contributed by atoms with Crippen molar-refractivity contribution in [3.8, 4) is 5.69 Å². The number of H-pyrrole nitrogens is 1. The van der Waals surface area contributed by atoms with Gasteiger partial charge in [0.25, 0.3) is 5.69 Å². The fourth-order valence-corrected chi connectivity index (χ4v) is 1.31. The molecular formula is C9H6FN3O3. The Labute approximate surface area is 88.1 Å². The van der Waals surface area contributed by atoms with E-state index in [0.29, 0.717) is 0 Å². The van der Waals surface area contributed by atoms with Gasteiger partial charge >= 0.3 is 5.69 Å². The topological polar surface area (TPSA) is 80.9 Å². The van der Waals surface area contributed by atoms with Gasteiger partial charge in [0.1, 0.15) is 5.82 Å². The van der Waals surface area contributed by atoms with Crippen molar-refractivity contribution in [3.63, 3.8) is 0 Å². The lowest BCUT2D eigenvalue weighted by Crippen LogP contribution is -2.15. The molecule has 2 aromatic rings. The molecule has 0 saturated heterocycles. The number of aromatic nitrogens is 2. The second-order valence-corrected chi connectivity index (χ2v) is 3.03. The molecule has 0 aliphatic carbocycles. The Bertz CT molecular complexity index is 602. The molecule has 0 fully saturated rings. The highest BCUT2D eigenvalue weighted by atomic mass is 19.1. The van der Waals surface area contributed by atoms with Crippen molar-refractivity contribution in [1.29, 1.82) is 0 Å². The third-order valence-electron chi connectivity index (χ3n) is 2.05. The molecule has 16 heavy (non-hydrogen) atoms. The number of hydrogen-bond donors (Lipinski definition) is 1. The van der Waals surface area contributed by atoms with Crippen LogP contribution < -0.4 is 5.69 Å². The van der Waals surface area contributed by atoms with Crippen LogP contribution in [0.5, 0.6) is 0 Å². The van der Waals surface area contributed by atoms with Gasteiger partial charge in [0, 0.05) is 24.5 Å². The molecule has 6 nitrogen and oxygen atoms in total. The lowest BCUT2D eigenvalue weighted by molar-refractivity contribution is -0.384. The SMILES string of the molecule is O=c1[nH]ccn1-c1cc([N+](=O)[O-])ccc1F. The number of non-ortho nitro benzene ring substituents is 1. The Morgan fingerprint density at radius 1 is 1.44 bits per heavy atom. The summed E-state index contributed by atoms with van der Waals surface area (Å²) < 4.78 is 14.3. The van der Waals surface area contributed by atoms with Crippen LogP contribution in [0, 0.1) is 15.9 Å². The largest absolute Gasteiger partial charge is 0.330 e. The monoisotopic (exact) mass is 223 g/mol. The minimum atomic E-state index is -0.702. The second kappa shape index (κ2) is 3.61. The standard InChI is InChI=1S/C9H6FN3O3/c10-7-2-1-6(13(15)16)5-8(7)12-4-3-11-9(12)14/h1-5H,(H,11,14). The van der Waals surface area contributed by atoms with Crippen LogP contribution in [0.3, 0.4) is 0 Å². The van der Waals surface area contributed by atoms with E-state index in [-0.39, 0.29) is 11.4 Å². The maximum atomic E-state index is 13.4. The number of rotatable bonds is 2. The summed E-state index contributed by atoms with van der Waals surface area (Å²) in [5.41, 5.74) is -0.982. The van der Waals surface area contributed by atoms with Crippen LogP contribution >= 0.6 is 0 Å². The summed E-state index contributed by atoms with van der Waals surface area (Å²) in [6.07, 6.45) is 2.62. The molecule has 2 rings (SSSR count). The minimum absolute atomic E-state index is 0.152. The first-order chi connectivity index (χ1) is 7.59. The van der Waals surface area contributed by atoms with Gasteiger partial charge in [0.05, 0.1) is 10.6 Å². The molecule has 82 valence electrons. The van der Waals surface area contributed by atoms with Gasteiger partial charge < -0.3 is 4.98 Å². The summed E-state index contributed by atoms with van der Waals surface area (Å²) in [6, 6.07) is 2.99. The zero-order valence-electron chi connectivity index (χ0n) is 7.88. The Kier molecular flexibility index (Phi) is 2.28. The van der Waals surface area contributed by atoms with E-state index in [4.69, 9.17) is 0 Å². The summed E-state index contributed by atoms with van der Waals surface area (Å²) in [5.74, 6) is -0.702. The van der Waals surface area contributed by atoms with Crippen molar-refractivity contribution in [2.24, 2.45) is 0 Å². The van der Waals surface area contributed by atoms with E-state index < -0.39 is 16.4 Å². The molecule has 7 heteroatoms. The normalized spacial score (nSPS) is 10.3. The number of nitrogens with zero attached hydrogens (tertiary/aromatic N) is 2. The number of hydrogen-bond acceptors (Lipinski definition) is 3. The molecule has 0 radical (unpaired) electrons. The Morgan fingerprint density at radius 2 is 2.19 bits per heavy atom. The van der Waals surface area contributed by atoms with Crippen molar-refractivity contribution < 1.29 is 9.31 Å². The molecule has 0 saturated carbocycles. The Morgan fingerprint density at radius 3 is 2.75 bits per heavy atom. The number of nitrogens with one attached hydrogen (secondary N) is 1. The van der Waals surface area contributed by atoms with Gasteiger partial charge in [-0.05, 0) is 6.07 Å². The maximum Gasteiger partial charge on any atom is 0.330 e. The third kappa shape index (κ3) is 1.58. The number of halogens is 1. The molecule has 1 aromatic carbocycles. The molecule has 1 aromatic heterocycles. The van der Waals surface area contributed by atoms with E-state index in [0.717, 1.165) is 22.8 Å². The van der Waals surface area contributed by atoms with Crippen molar-refractivity contribution in [2.45, 2.75) is 0 Å². The number of nitro benzene ring substituents is 1. The third-order valence-corrected chi connectivity index (χ3v) is 2.05. The minimum Gasteiger partial charge on any atom is -0.312 e. The van der Waals surface area contributed by atoms with Gasteiger partial charge in [-0.15, -0.1) is 0 Å². The van der Waals surface area contributed by atoms with Crippen molar-refractivity contribution in [3.05, 3.63) is 57.0 Å². The average Bonchev–Trinajstić information content (AvgIpc) is 2.65. The first kappa shape index (κ1) is 10.1. The molecule has 0 aliphatic rings. The number of aromatic amines is 1. The molecule has 0 amide bonds. The fraction of sp³-hybridized carbons (Fsp3) is 0. The molecule has 0 spiro atoms. The van der Waals surface area contributed by atoms with E-state index in [9.17, 15) is 19.3 Å². The van der Waals surface area contributed by atoms with E-state index in [1.807, 2.05) is 0 Å². The van der Waals surface area contributed by atoms with Crippen molar-refractivity contribution in [1.82, 2.24) is 9.55 Å². The zero-order valence-corrected chi connectivity index (χ0v) is 7.88. The predicted octanol–water partition coefficient (Wildman–Crippen LogP) is 1.21. The van der Waals surface area contributed by atoms with Gasteiger partial charge in [0.15, 0.2) is 0 Å². The van der Waals surface area contributed by atoms with Crippen molar-refractivity contribution in [2.75, 3.05) is 0 Å². The van der Waals surface area contributed by atoms with Crippen molar-refractivity contribution >= 4 is 5.69 Å². The van der Waals surface area contributed by atoms with Gasteiger partial charge in [0.2, 0.25) is 0 Å². The Balaban J connectivity index is 2.65. The van der Waals surface area contributed by atoms with Crippen LogP contribution in [0.1, 0.15) is 0 Å². The van der Waals surface area contributed by atoms with Crippen LogP contribution in [-0.2, 0) is 0 Å². The molecular weight excluding hydrogens is 217 g/mol. The molecule has 0 atom stereocenters. The second-order valence-electron chi connectivity index (χ2n) is 3.03. The fourth-order valence-electron chi connectivity index (χ4n) is 1.31. The van der Waals surface area contributed by atoms with E-state index >= 15 is 0 Å².